The molecule has 0 aliphatic carbocycles. The molecule has 2 amide bonds. The summed E-state index contributed by atoms with van der Waals surface area (Å²) in [7, 11) is 0. The molecule has 126 valence electrons. The molecule has 7 heteroatoms. The molecule has 0 heterocycles. The Labute approximate surface area is 149 Å². The molecule has 0 saturated carbocycles. The standard InChI is InChI=1S/C17H16Cl2N2O3/c1-10(17(23)21-16-8-3-12(18)9-15(16)19)24-14-6-4-13(5-7-14)20-11(2)22/h3-10H,1-2H3,(H,20,22)(H,21,23)/t10-/m1/s1. The van der Waals surface area contributed by atoms with Gasteiger partial charge in [-0.25, -0.2) is 0 Å². The molecule has 0 saturated heterocycles. The molecule has 2 N–H and O–H groups in total. The highest BCUT2D eigenvalue weighted by Gasteiger charge is 2.16. The Morgan fingerprint density at radius 3 is 2.29 bits per heavy atom. The van der Waals surface area contributed by atoms with Crippen LogP contribution in [0, 0.1) is 0 Å². The van der Waals surface area contributed by atoms with Crippen LogP contribution < -0.4 is 15.4 Å². The van der Waals surface area contributed by atoms with Crippen molar-refractivity contribution >= 4 is 46.4 Å². The van der Waals surface area contributed by atoms with E-state index < -0.39 is 6.10 Å². The third-order valence-electron chi connectivity index (χ3n) is 3.05. The van der Waals surface area contributed by atoms with Crippen LogP contribution in [0.4, 0.5) is 11.4 Å². The number of carbonyl (C=O) groups excluding carboxylic acids is 2. The van der Waals surface area contributed by atoms with E-state index in [1.54, 1.807) is 49.4 Å². The molecule has 5 nitrogen and oxygen atoms in total. The lowest BCUT2D eigenvalue weighted by Crippen LogP contribution is -2.30. The van der Waals surface area contributed by atoms with E-state index in [-0.39, 0.29) is 11.8 Å². The fourth-order valence-electron chi connectivity index (χ4n) is 1.90. The number of hydrogen-bond acceptors (Lipinski definition) is 3. The molecule has 0 aliphatic rings. The van der Waals surface area contributed by atoms with Gasteiger partial charge in [-0.2, -0.15) is 0 Å². The van der Waals surface area contributed by atoms with Gasteiger partial charge < -0.3 is 15.4 Å². The summed E-state index contributed by atoms with van der Waals surface area (Å²) in [6, 6.07) is 11.5. The molecule has 1 atom stereocenters. The van der Waals surface area contributed by atoms with Gasteiger partial charge >= 0.3 is 0 Å². The van der Waals surface area contributed by atoms with Gasteiger partial charge in [0.25, 0.3) is 5.91 Å². The number of benzene rings is 2. The van der Waals surface area contributed by atoms with Gasteiger partial charge in [0.1, 0.15) is 5.75 Å². The molecular weight excluding hydrogens is 351 g/mol. The first-order valence-electron chi connectivity index (χ1n) is 7.15. The predicted octanol–water partition coefficient (Wildman–Crippen LogP) is 4.36. The monoisotopic (exact) mass is 366 g/mol. The number of nitrogens with one attached hydrogen (secondary N) is 2. The number of ether oxygens (including phenoxy) is 1. The number of hydrogen-bond donors (Lipinski definition) is 2. The Kier molecular flexibility index (Phi) is 6.06. The Morgan fingerprint density at radius 1 is 1.04 bits per heavy atom. The fraction of sp³-hybridized carbons (Fsp3) is 0.176. The van der Waals surface area contributed by atoms with E-state index in [1.807, 2.05) is 0 Å². The van der Waals surface area contributed by atoms with Gasteiger partial charge in [0.2, 0.25) is 5.91 Å². The molecule has 24 heavy (non-hydrogen) atoms. The average Bonchev–Trinajstić information content (AvgIpc) is 2.51. The van der Waals surface area contributed by atoms with Crippen LogP contribution in [0.1, 0.15) is 13.8 Å². The van der Waals surface area contributed by atoms with Crippen LogP contribution in [-0.2, 0) is 9.59 Å². The van der Waals surface area contributed by atoms with E-state index in [2.05, 4.69) is 10.6 Å². The molecule has 2 rings (SSSR count). The molecule has 2 aromatic rings. The van der Waals surface area contributed by atoms with Crippen molar-refractivity contribution in [3.8, 4) is 5.75 Å². The summed E-state index contributed by atoms with van der Waals surface area (Å²) in [5, 5.41) is 6.17. The molecule has 0 aliphatic heterocycles. The molecule has 2 aromatic carbocycles. The first kappa shape index (κ1) is 18.1. The lowest BCUT2D eigenvalue weighted by atomic mass is 10.2. The summed E-state index contributed by atoms with van der Waals surface area (Å²) in [6.07, 6.45) is -0.733. The summed E-state index contributed by atoms with van der Waals surface area (Å²) >= 11 is 11.8. The minimum Gasteiger partial charge on any atom is -0.481 e. The van der Waals surface area contributed by atoms with Crippen molar-refractivity contribution in [3.63, 3.8) is 0 Å². The van der Waals surface area contributed by atoms with Crippen LogP contribution in [0.15, 0.2) is 42.5 Å². The van der Waals surface area contributed by atoms with E-state index >= 15 is 0 Å². The fourth-order valence-corrected chi connectivity index (χ4v) is 2.36. The zero-order valence-electron chi connectivity index (χ0n) is 13.1. The summed E-state index contributed by atoms with van der Waals surface area (Å²) in [5.74, 6) is 0.00960. The summed E-state index contributed by atoms with van der Waals surface area (Å²) in [6.45, 7) is 3.06. The number of carbonyl (C=O) groups is 2. The van der Waals surface area contributed by atoms with Gasteiger partial charge in [0, 0.05) is 17.6 Å². The second kappa shape index (κ2) is 8.04. The summed E-state index contributed by atoms with van der Waals surface area (Å²) < 4.78 is 5.58. The van der Waals surface area contributed by atoms with Crippen LogP contribution >= 0.6 is 23.2 Å². The van der Waals surface area contributed by atoms with Gasteiger partial charge in [-0.05, 0) is 49.4 Å². The van der Waals surface area contributed by atoms with Crippen molar-refractivity contribution in [3.05, 3.63) is 52.5 Å². The summed E-state index contributed by atoms with van der Waals surface area (Å²) in [5.41, 5.74) is 1.11. The van der Waals surface area contributed by atoms with Crippen LogP contribution in [0.5, 0.6) is 5.75 Å². The zero-order valence-corrected chi connectivity index (χ0v) is 14.6. The Morgan fingerprint density at radius 2 is 1.71 bits per heavy atom. The van der Waals surface area contributed by atoms with Gasteiger partial charge in [0.15, 0.2) is 6.10 Å². The minimum atomic E-state index is -0.733. The highest BCUT2D eigenvalue weighted by Crippen LogP contribution is 2.25. The van der Waals surface area contributed by atoms with E-state index in [1.165, 1.54) is 6.92 Å². The molecule has 0 radical (unpaired) electrons. The van der Waals surface area contributed by atoms with Crippen LogP contribution in [0.3, 0.4) is 0 Å². The predicted molar refractivity (Wildman–Crippen MR) is 95.9 cm³/mol. The van der Waals surface area contributed by atoms with Gasteiger partial charge in [-0.1, -0.05) is 23.2 Å². The first-order valence-corrected chi connectivity index (χ1v) is 7.91. The molecule has 0 fully saturated rings. The average molecular weight is 367 g/mol. The second-order valence-electron chi connectivity index (χ2n) is 5.08. The van der Waals surface area contributed by atoms with Gasteiger partial charge in [-0.15, -0.1) is 0 Å². The highest BCUT2D eigenvalue weighted by molar-refractivity contribution is 6.36. The third kappa shape index (κ3) is 5.15. The normalized spacial score (nSPS) is 11.5. The van der Waals surface area contributed by atoms with Crippen molar-refractivity contribution in [2.24, 2.45) is 0 Å². The van der Waals surface area contributed by atoms with Gasteiger partial charge in [-0.3, -0.25) is 9.59 Å². The summed E-state index contributed by atoms with van der Waals surface area (Å²) in [4.78, 5) is 23.2. The van der Waals surface area contributed by atoms with Crippen LogP contribution in [0.2, 0.25) is 10.0 Å². The Hall–Kier alpha value is -2.24. The van der Waals surface area contributed by atoms with Crippen molar-refractivity contribution in [1.82, 2.24) is 0 Å². The van der Waals surface area contributed by atoms with Crippen LogP contribution in [0.25, 0.3) is 0 Å². The van der Waals surface area contributed by atoms with Crippen molar-refractivity contribution in [2.45, 2.75) is 20.0 Å². The molecule has 0 unspecified atom stereocenters. The molecular formula is C17H16Cl2N2O3. The van der Waals surface area contributed by atoms with E-state index in [9.17, 15) is 9.59 Å². The minimum absolute atomic E-state index is 0.156. The lowest BCUT2D eigenvalue weighted by Gasteiger charge is -2.15. The SMILES string of the molecule is CC(=O)Nc1ccc(O[C@H](C)C(=O)Nc2ccc(Cl)cc2Cl)cc1. The number of halogens is 2. The van der Waals surface area contributed by atoms with E-state index in [0.29, 0.717) is 27.2 Å². The second-order valence-corrected chi connectivity index (χ2v) is 5.92. The number of anilines is 2. The first-order chi connectivity index (χ1) is 11.3. The maximum atomic E-state index is 12.2. The number of rotatable bonds is 5. The zero-order chi connectivity index (χ0) is 17.7. The maximum absolute atomic E-state index is 12.2. The van der Waals surface area contributed by atoms with Crippen molar-refractivity contribution in [1.29, 1.82) is 0 Å². The van der Waals surface area contributed by atoms with Crippen molar-refractivity contribution in [2.75, 3.05) is 10.6 Å². The molecule has 0 bridgehead atoms. The number of amides is 2. The third-order valence-corrected chi connectivity index (χ3v) is 3.59. The Bertz CT molecular complexity index is 748. The molecule has 0 aromatic heterocycles. The maximum Gasteiger partial charge on any atom is 0.265 e. The Balaban J connectivity index is 1.97. The van der Waals surface area contributed by atoms with Gasteiger partial charge in [0.05, 0.1) is 10.7 Å². The van der Waals surface area contributed by atoms with E-state index in [0.717, 1.165) is 0 Å². The van der Waals surface area contributed by atoms with Crippen molar-refractivity contribution < 1.29 is 14.3 Å². The van der Waals surface area contributed by atoms with Crippen LogP contribution in [-0.4, -0.2) is 17.9 Å². The topological polar surface area (TPSA) is 67.4 Å². The van der Waals surface area contributed by atoms with E-state index in [4.69, 9.17) is 27.9 Å². The smallest absolute Gasteiger partial charge is 0.265 e. The quantitative estimate of drug-likeness (QED) is 0.825. The highest BCUT2D eigenvalue weighted by atomic mass is 35.5. The molecule has 0 spiro atoms. The lowest BCUT2D eigenvalue weighted by molar-refractivity contribution is -0.122. The largest absolute Gasteiger partial charge is 0.481 e.